The smallest absolute Gasteiger partial charge is 0.387 e. The summed E-state index contributed by atoms with van der Waals surface area (Å²) in [4.78, 5) is 52.3. The summed E-state index contributed by atoms with van der Waals surface area (Å²) >= 11 is 0. The second kappa shape index (κ2) is 9.76. The van der Waals surface area contributed by atoms with E-state index < -0.39 is 58.0 Å². The average molecular weight is 549 g/mol. The van der Waals surface area contributed by atoms with Crippen LogP contribution in [0, 0.1) is 6.92 Å². The van der Waals surface area contributed by atoms with E-state index in [4.69, 9.17) is 19.0 Å². The van der Waals surface area contributed by atoms with Crippen molar-refractivity contribution in [3.05, 3.63) is 62.6 Å². The fourth-order valence-electron chi connectivity index (χ4n) is 3.66. The summed E-state index contributed by atoms with van der Waals surface area (Å²) in [5.74, 6) is 0. The number of rotatable bonds is 8. The Morgan fingerprint density at radius 2 is 1.83 bits per heavy atom. The predicted molar refractivity (Wildman–Crippen MR) is 118 cm³/mol. The molecule has 16 nitrogen and oxygen atoms in total. The lowest BCUT2D eigenvalue weighted by molar-refractivity contribution is -0.0547. The molecule has 5 N–H and O–H groups in total. The van der Waals surface area contributed by atoms with Gasteiger partial charge >= 0.3 is 21.3 Å². The first-order valence-electron chi connectivity index (χ1n) is 10.2. The van der Waals surface area contributed by atoms with Crippen LogP contribution in [0.5, 0.6) is 0 Å². The molecule has 3 heterocycles. The number of phosphoric acid groups is 2. The number of fused-ring (bicyclic) bond motifs is 1. The van der Waals surface area contributed by atoms with Gasteiger partial charge in [-0.1, -0.05) is 16.8 Å². The molecule has 36 heavy (non-hydrogen) atoms. The van der Waals surface area contributed by atoms with Crippen molar-refractivity contribution in [2.75, 3.05) is 6.61 Å². The molecular formula is C18H21N3O13P2. The van der Waals surface area contributed by atoms with E-state index >= 15 is 0 Å². The molecule has 1 aliphatic heterocycles. The topological polar surface area (TPSA) is 233 Å². The van der Waals surface area contributed by atoms with Crippen LogP contribution in [0.4, 0.5) is 0 Å². The number of aliphatic hydroxyl groups excluding tert-OH is 2. The van der Waals surface area contributed by atoms with Crippen LogP contribution in [0.3, 0.4) is 0 Å². The molecule has 0 bridgehead atoms. The maximum atomic E-state index is 13.1. The predicted octanol–water partition coefficient (Wildman–Crippen LogP) is -0.647. The highest BCUT2D eigenvalue weighted by Crippen LogP contribution is 2.57. The fourth-order valence-corrected chi connectivity index (χ4v) is 5.26. The van der Waals surface area contributed by atoms with Crippen LogP contribution in [0.25, 0.3) is 11.0 Å². The Morgan fingerprint density at radius 3 is 2.53 bits per heavy atom. The van der Waals surface area contributed by atoms with Crippen LogP contribution in [-0.4, -0.2) is 64.1 Å². The summed E-state index contributed by atoms with van der Waals surface area (Å²) in [6.45, 7) is 0.623. The van der Waals surface area contributed by atoms with Gasteiger partial charge in [-0.15, -0.1) is 0 Å². The molecule has 2 aromatic heterocycles. The molecule has 1 fully saturated rings. The lowest BCUT2D eigenvalue weighted by Gasteiger charge is -2.19. The summed E-state index contributed by atoms with van der Waals surface area (Å²) in [7, 11) is -10.6. The molecule has 0 saturated carbocycles. The third-order valence-electron chi connectivity index (χ3n) is 5.33. The van der Waals surface area contributed by atoms with Crippen LogP contribution in [0.15, 0.2) is 44.6 Å². The van der Waals surface area contributed by atoms with Gasteiger partial charge in [-0.3, -0.25) is 18.5 Å². The highest BCUT2D eigenvalue weighted by Gasteiger charge is 2.46. The normalized spacial score (nSPS) is 24.3. The highest BCUT2D eigenvalue weighted by molar-refractivity contribution is 7.60. The first-order chi connectivity index (χ1) is 16.8. The molecule has 1 saturated heterocycles. The Kier molecular flexibility index (Phi) is 7.20. The first-order valence-corrected chi connectivity index (χ1v) is 13.2. The van der Waals surface area contributed by atoms with Crippen LogP contribution >= 0.6 is 15.6 Å². The van der Waals surface area contributed by atoms with Gasteiger partial charge in [0.1, 0.15) is 24.0 Å². The molecule has 3 aromatic rings. The van der Waals surface area contributed by atoms with Crippen molar-refractivity contribution < 1.29 is 52.1 Å². The number of phosphoric ester groups is 1. The fraction of sp³-hybridized carbons (Fsp3) is 0.389. The molecule has 1 aliphatic rings. The quantitative estimate of drug-likeness (QED) is 0.220. The van der Waals surface area contributed by atoms with Crippen molar-refractivity contribution in [3.8, 4) is 0 Å². The van der Waals surface area contributed by atoms with Gasteiger partial charge in [0, 0.05) is 17.6 Å². The lowest BCUT2D eigenvalue weighted by Crippen LogP contribution is -2.43. The molecule has 1 unspecified atom stereocenters. The SMILES string of the molecule is Cc1ccc2onc(Cn3c(=O)ccn([C@@H]4O[C@H](COP(=O)(O)OP(=O)(O)O)[C@H](O)[C@@H]4O)c3=O)c2c1. The minimum absolute atomic E-state index is 0.278. The van der Waals surface area contributed by atoms with Gasteiger partial charge < -0.3 is 34.2 Å². The number of aryl methyl sites for hydroxylation is 1. The van der Waals surface area contributed by atoms with Crippen molar-refractivity contribution in [1.29, 1.82) is 0 Å². The number of ether oxygens (including phenoxy) is 1. The number of nitrogens with zero attached hydrogens (tertiary/aromatic N) is 3. The number of aromatic nitrogens is 3. The summed E-state index contributed by atoms with van der Waals surface area (Å²) in [5, 5.41) is 25.2. The summed E-state index contributed by atoms with van der Waals surface area (Å²) in [5.41, 5.74) is 0.0246. The zero-order valence-corrected chi connectivity index (χ0v) is 20.1. The van der Waals surface area contributed by atoms with Crippen LogP contribution < -0.4 is 11.2 Å². The molecule has 0 amide bonds. The summed E-state index contributed by atoms with van der Waals surface area (Å²) < 4.78 is 42.7. The molecule has 0 spiro atoms. The number of hydrogen-bond donors (Lipinski definition) is 5. The van der Waals surface area contributed by atoms with E-state index in [9.17, 15) is 33.8 Å². The summed E-state index contributed by atoms with van der Waals surface area (Å²) in [6.07, 6.45) is -5.53. The average Bonchev–Trinajstić information content (AvgIpc) is 3.29. The number of hydrogen-bond acceptors (Lipinski definition) is 11. The van der Waals surface area contributed by atoms with E-state index in [0.29, 0.717) is 16.7 Å². The number of aliphatic hydroxyl groups is 2. The van der Waals surface area contributed by atoms with Crippen molar-refractivity contribution in [2.45, 2.75) is 38.0 Å². The maximum absolute atomic E-state index is 13.1. The molecule has 1 aromatic carbocycles. The van der Waals surface area contributed by atoms with E-state index in [1.807, 2.05) is 6.92 Å². The van der Waals surface area contributed by atoms with E-state index in [-0.39, 0.29) is 6.54 Å². The second-order valence-electron chi connectivity index (χ2n) is 7.94. The van der Waals surface area contributed by atoms with Crippen molar-refractivity contribution in [2.24, 2.45) is 0 Å². The Hall–Kier alpha value is -2.49. The highest BCUT2D eigenvalue weighted by atomic mass is 31.3. The molecule has 4 rings (SSSR count). The van der Waals surface area contributed by atoms with Gasteiger partial charge in [-0.05, 0) is 19.1 Å². The lowest BCUT2D eigenvalue weighted by atomic mass is 10.1. The molecule has 5 atom stereocenters. The van der Waals surface area contributed by atoms with Gasteiger partial charge in [0.25, 0.3) is 5.56 Å². The monoisotopic (exact) mass is 549 g/mol. The van der Waals surface area contributed by atoms with E-state index in [1.165, 1.54) is 0 Å². The van der Waals surface area contributed by atoms with Crippen LogP contribution in [0.2, 0.25) is 0 Å². The third-order valence-corrected chi connectivity index (χ3v) is 7.48. The minimum Gasteiger partial charge on any atom is -0.387 e. The van der Waals surface area contributed by atoms with Gasteiger partial charge in [-0.25, -0.2) is 13.9 Å². The van der Waals surface area contributed by atoms with Crippen LogP contribution in [-0.2, 0) is 29.2 Å². The van der Waals surface area contributed by atoms with Crippen molar-refractivity contribution in [3.63, 3.8) is 0 Å². The zero-order valence-electron chi connectivity index (χ0n) is 18.3. The Bertz CT molecular complexity index is 1490. The molecule has 0 aliphatic carbocycles. The second-order valence-corrected chi connectivity index (χ2v) is 10.8. The maximum Gasteiger partial charge on any atom is 0.481 e. The zero-order chi connectivity index (χ0) is 26.4. The molecular weight excluding hydrogens is 528 g/mol. The van der Waals surface area contributed by atoms with E-state index in [1.54, 1.807) is 18.2 Å². The van der Waals surface area contributed by atoms with Crippen molar-refractivity contribution >= 4 is 26.6 Å². The molecule has 0 radical (unpaired) electrons. The Balaban J connectivity index is 1.57. The first kappa shape index (κ1) is 26.6. The minimum atomic E-state index is -5.38. The van der Waals surface area contributed by atoms with Gasteiger partial charge in [0.15, 0.2) is 11.8 Å². The van der Waals surface area contributed by atoms with Crippen LogP contribution in [0.1, 0.15) is 17.5 Å². The van der Waals surface area contributed by atoms with Gasteiger partial charge in [0.2, 0.25) is 0 Å². The number of benzene rings is 1. The largest absolute Gasteiger partial charge is 0.481 e. The van der Waals surface area contributed by atoms with E-state index in [2.05, 4.69) is 14.0 Å². The standard InChI is InChI=1S/C18H21N3O13P2/c1-9-2-3-12-10(6-9)11(19-33-12)7-21-14(22)4-5-20(18(21)25)17-16(24)15(23)13(32-17)8-31-36(29,30)34-35(26,27)28/h2-6,13,15-17,23-24H,7-8H2,1H3,(H,29,30)(H2,26,27,28)/t13-,15+,16+,17-/m1/s1. The molecule has 18 heteroatoms. The van der Waals surface area contributed by atoms with Gasteiger partial charge in [-0.2, -0.15) is 4.31 Å². The Morgan fingerprint density at radius 1 is 1.11 bits per heavy atom. The summed E-state index contributed by atoms with van der Waals surface area (Å²) in [6, 6.07) is 6.29. The third kappa shape index (κ3) is 5.58. The van der Waals surface area contributed by atoms with Gasteiger partial charge in [0.05, 0.1) is 13.2 Å². The molecule has 196 valence electrons. The Labute approximate surface area is 200 Å². The van der Waals surface area contributed by atoms with Crippen molar-refractivity contribution in [1.82, 2.24) is 14.3 Å². The van der Waals surface area contributed by atoms with E-state index in [0.717, 1.165) is 27.0 Å².